The third-order valence-electron chi connectivity index (χ3n) is 3.76. The largest absolute Gasteiger partial charge is 0.370 e. The summed E-state index contributed by atoms with van der Waals surface area (Å²) in [5.74, 6) is 1.05. The van der Waals surface area contributed by atoms with Gasteiger partial charge in [-0.1, -0.05) is 12.8 Å². The van der Waals surface area contributed by atoms with Crippen molar-refractivity contribution in [3.8, 4) is 0 Å². The van der Waals surface area contributed by atoms with Gasteiger partial charge in [0, 0.05) is 23.9 Å². The number of hydrogen-bond donors (Lipinski definition) is 2. The molecule has 0 spiro atoms. The summed E-state index contributed by atoms with van der Waals surface area (Å²) in [4.78, 5) is 15.2. The summed E-state index contributed by atoms with van der Waals surface area (Å²) in [6.45, 7) is 2.71. The number of nitro groups is 1. The Hall–Kier alpha value is -1.50. The normalized spacial score (nSPS) is 21.8. The van der Waals surface area contributed by atoms with Crippen molar-refractivity contribution in [2.75, 3.05) is 23.4 Å². The van der Waals surface area contributed by atoms with Crippen molar-refractivity contribution in [3.05, 3.63) is 22.2 Å². The lowest BCUT2D eigenvalue weighted by atomic mass is 9.95. The van der Waals surface area contributed by atoms with Gasteiger partial charge in [0.2, 0.25) is 5.82 Å². The Morgan fingerprint density at radius 2 is 2.19 bits per heavy atom. The first-order chi connectivity index (χ1) is 10.2. The molecule has 0 amide bonds. The maximum atomic E-state index is 11.2. The van der Waals surface area contributed by atoms with Crippen molar-refractivity contribution in [2.45, 2.75) is 43.9 Å². The summed E-state index contributed by atoms with van der Waals surface area (Å²) in [5, 5.41) is 18.1. The van der Waals surface area contributed by atoms with Crippen molar-refractivity contribution in [3.63, 3.8) is 0 Å². The highest BCUT2D eigenvalue weighted by atomic mass is 32.2. The molecule has 0 saturated heterocycles. The average Bonchev–Trinajstić information content (AvgIpc) is 2.48. The molecule has 1 aromatic rings. The van der Waals surface area contributed by atoms with Gasteiger partial charge in [-0.15, -0.1) is 0 Å². The Balaban J connectivity index is 2.23. The first-order valence-electron chi connectivity index (χ1n) is 7.34. The molecule has 0 radical (unpaired) electrons. The third kappa shape index (κ3) is 4.00. The molecule has 2 N–H and O–H groups in total. The zero-order chi connectivity index (χ0) is 15.2. The van der Waals surface area contributed by atoms with Gasteiger partial charge in [-0.05, 0) is 32.1 Å². The maximum Gasteiger partial charge on any atom is 0.311 e. The molecule has 0 aliphatic heterocycles. The number of thioether (sulfide) groups is 1. The van der Waals surface area contributed by atoms with Crippen LogP contribution >= 0.6 is 11.8 Å². The van der Waals surface area contributed by atoms with Crippen molar-refractivity contribution < 1.29 is 4.92 Å². The fraction of sp³-hybridized carbons (Fsp3) is 0.643. The Bertz CT molecular complexity index is 498. The molecule has 1 fully saturated rings. The zero-order valence-corrected chi connectivity index (χ0v) is 13.3. The lowest BCUT2D eigenvalue weighted by molar-refractivity contribution is -0.384. The molecule has 1 aliphatic rings. The van der Waals surface area contributed by atoms with Crippen LogP contribution in [-0.4, -0.2) is 34.0 Å². The molecule has 1 heterocycles. The second-order valence-corrected chi connectivity index (χ2v) is 6.24. The predicted molar refractivity (Wildman–Crippen MR) is 88.2 cm³/mol. The molecule has 1 aliphatic carbocycles. The van der Waals surface area contributed by atoms with Crippen LogP contribution in [0.1, 0.15) is 32.6 Å². The monoisotopic (exact) mass is 310 g/mol. The molecule has 2 rings (SSSR count). The van der Waals surface area contributed by atoms with E-state index < -0.39 is 0 Å². The topological polar surface area (TPSA) is 80.1 Å². The van der Waals surface area contributed by atoms with E-state index in [4.69, 9.17) is 0 Å². The summed E-state index contributed by atoms with van der Waals surface area (Å²) in [6.07, 6.45) is 6.68. The van der Waals surface area contributed by atoms with Gasteiger partial charge in [-0.25, -0.2) is 4.98 Å². The molecule has 7 heteroatoms. The molecule has 0 bridgehead atoms. The van der Waals surface area contributed by atoms with Gasteiger partial charge in [-0.3, -0.25) is 10.1 Å². The van der Waals surface area contributed by atoms with Crippen molar-refractivity contribution in [2.24, 2.45) is 0 Å². The van der Waals surface area contributed by atoms with Gasteiger partial charge in [0.05, 0.1) is 4.92 Å². The van der Waals surface area contributed by atoms with Crippen LogP contribution in [0.4, 0.5) is 17.3 Å². The highest BCUT2D eigenvalue weighted by molar-refractivity contribution is 7.99. The molecule has 1 saturated carbocycles. The molecular weight excluding hydrogens is 288 g/mol. The quantitative estimate of drug-likeness (QED) is 0.618. The van der Waals surface area contributed by atoms with Gasteiger partial charge < -0.3 is 10.6 Å². The van der Waals surface area contributed by atoms with E-state index in [1.807, 2.05) is 18.7 Å². The van der Waals surface area contributed by atoms with E-state index in [2.05, 4.69) is 21.9 Å². The van der Waals surface area contributed by atoms with Crippen LogP contribution in [0.15, 0.2) is 12.1 Å². The summed E-state index contributed by atoms with van der Waals surface area (Å²) < 4.78 is 0. The molecule has 2 unspecified atom stereocenters. The van der Waals surface area contributed by atoms with E-state index in [0.29, 0.717) is 16.9 Å². The summed E-state index contributed by atoms with van der Waals surface area (Å²) in [7, 11) is 0. The standard InChI is InChI=1S/C14H22N4O2S/c1-3-15-13-9-8-11(18(19)20)14(17-13)16-10-6-4-5-7-12(10)21-2/h8-10,12H,3-7H2,1-2H3,(H2,15,16,17). The van der Waals surface area contributed by atoms with E-state index in [1.54, 1.807) is 6.07 Å². The first-order valence-corrected chi connectivity index (χ1v) is 8.63. The van der Waals surface area contributed by atoms with Gasteiger partial charge in [-0.2, -0.15) is 11.8 Å². The van der Waals surface area contributed by atoms with E-state index >= 15 is 0 Å². The number of nitrogens with zero attached hydrogens (tertiary/aromatic N) is 2. The Kier molecular flexibility index (Phi) is 5.67. The van der Waals surface area contributed by atoms with E-state index in [1.165, 1.54) is 12.5 Å². The van der Waals surface area contributed by atoms with E-state index in [0.717, 1.165) is 25.8 Å². The van der Waals surface area contributed by atoms with Crippen molar-refractivity contribution >= 4 is 29.1 Å². The number of anilines is 2. The van der Waals surface area contributed by atoms with Gasteiger partial charge in [0.1, 0.15) is 5.82 Å². The van der Waals surface area contributed by atoms with E-state index in [-0.39, 0.29) is 16.7 Å². The van der Waals surface area contributed by atoms with Crippen LogP contribution in [0.2, 0.25) is 0 Å². The van der Waals surface area contributed by atoms with Gasteiger partial charge in [0.15, 0.2) is 0 Å². The fourth-order valence-electron chi connectivity index (χ4n) is 2.70. The predicted octanol–water partition coefficient (Wildman–Crippen LogP) is 3.51. The highest BCUT2D eigenvalue weighted by Crippen LogP contribution is 2.32. The zero-order valence-electron chi connectivity index (χ0n) is 12.5. The maximum absolute atomic E-state index is 11.2. The van der Waals surface area contributed by atoms with Crippen LogP contribution in [-0.2, 0) is 0 Å². The first kappa shape index (κ1) is 15.9. The van der Waals surface area contributed by atoms with Crippen LogP contribution in [0, 0.1) is 10.1 Å². The SMILES string of the molecule is CCNc1ccc([N+](=O)[O-])c(NC2CCCCC2SC)n1. The number of pyridine rings is 1. The number of aromatic nitrogens is 1. The molecule has 1 aromatic heterocycles. The number of hydrogen-bond acceptors (Lipinski definition) is 6. The van der Waals surface area contributed by atoms with Gasteiger partial charge in [0.25, 0.3) is 0 Å². The van der Waals surface area contributed by atoms with Crippen LogP contribution < -0.4 is 10.6 Å². The number of nitrogens with one attached hydrogen (secondary N) is 2. The molecular formula is C14H22N4O2S. The summed E-state index contributed by atoms with van der Waals surface area (Å²) in [6, 6.07) is 3.42. The summed E-state index contributed by atoms with van der Waals surface area (Å²) >= 11 is 1.83. The third-order valence-corrected chi connectivity index (χ3v) is 4.93. The fourth-order valence-corrected chi connectivity index (χ4v) is 3.64. The Morgan fingerprint density at radius 1 is 1.43 bits per heavy atom. The van der Waals surface area contributed by atoms with E-state index in [9.17, 15) is 10.1 Å². The minimum Gasteiger partial charge on any atom is -0.370 e. The lowest BCUT2D eigenvalue weighted by Gasteiger charge is -2.31. The minimum atomic E-state index is -0.373. The minimum absolute atomic E-state index is 0.0436. The molecule has 0 aromatic carbocycles. The van der Waals surface area contributed by atoms with Crippen molar-refractivity contribution in [1.82, 2.24) is 4.98 Å². The molecule has 21 heavy (non-hydrogen) atoms. The smallest absolute Gasteiger partial charge is 0.311 e. The molecule has 6 nitrogen and oxygen atoms in total. The Labute approximate surface area is 129 Å². The van der Waals surface area contributed by atoms with Crippen LogP contribution in [0.3, 0.4) is 0 Å². The molecule has 116 valence electrons. The molecule has 2 atom stereocenters. The second kappa shape index (κ2) is 7.49. The van der Waals surface area contributed by atoms with Crippen molar-refractivity contribution in [1.29, 1.82) is 0 Å². The highest BCUT2D eigenvalue weighted by Gasteiger charge is 2.27. The van der Waals surface area contributed by atoms with Gasteiger partial charge >= 0.3 is 5.69 Å². The summed E-state index contributed by atoms with van der Waals surface area (Å²) in [5.41, 5.74) is 0.0436. The van der Waals surface area contributed by atoms with Crippen LogP contribution in [0.5, 0.6) is 0 Å². The van der Waals surface area contributed by atoms with Crippen LogP contribution in [0.25, 0.3) is 0 Å². The lowest BCUT2D eigenvalue weighted by Crippen LogP contribution is -2.34. The average molecular weight is 310 g/mol. The Morgan fingerprint density at radius 3 is 2.86 bits per heavy atom. The second-order valence-electron chi connectivity index (χ2n) is 5.16. The number of rotatable bonds is 6.